The normalized spacial score (nSPS) is 20.2. The van der Waals surface area contributed by atoms with E-state index in [2.05, 4.69) is 18.7 Å². The molecule has 0 aliphatic carbocycles. The van der Waals surface area contributed by atoms with Gasteiger partial charge in [0.15, 0.2) is 0 Å². The van der Waals surface area contributed by atoms with Crippen LogP contribution < -0.4 is 4.74 Å². The summed E-state index contributed by atoms with van der Waals surface area (Å²) < 4.78 is 11.0. The molecule has 0 radical (unpaired) electrons. The van der Waals surface area contributed by atoms with Gasteiger partial charge in [0.05, 0.1) is 18.2 Å². The fraction of sp³-hybridized carbons (Fsp3) is 0.600. The van der Waals surface area contributed by atoms with Crippen LogP contribution in [0.4, 0.5) is 0 Å². The maximum atomic E-state index is 10.2. The average molecular weight is 334 g/mol. The van der Waals surface area contributed by atoms with Gasteiger partial charge in [-0.25, -0.2) is 0 Å². The third-order valence-electron chi connectivity index (χ3n) is 3.57. The Balaban J connectivity index is 1.85. The van der Waals surface area contributed by atoms with Crippen molar-refractivity contribution in [3.63, 3.8) is 0 Å². The highest BCUT2D eigenvalue weighted by Crippen LogP contribution is 2.27. The molecule has 6 heteroatoms. The molecule has 1 unspecified atom stereocenters. The van der Waals surface area contributed by atoms with Gasteiger partial charge >= 0.3 is 0 Å². The van der Waals surface area contributed by atoms with Crippen molar-refractivity contribution in [3.8, 4) is 5.75 Å². The standard InChI is InChI=1S/C15H21Cl2NO3/c1-15(2)10-20-6-5-18(15)8-12(19)9-21-14-4-3-11(16)7-13(14)17/h3-4,7,12,19H,5-6,8-10H2,1-2H3. The monoisotopic (exact) mass is 333 g/mol. The minimum atomic E-state index is -0.589. The van der Waals surface area contributed by atoms with Gasteiger partial charge in [-0.1, -0.05) is 23.2 Å². The zero-order valence-corrected chi connectivity index (χ0v) is 13.8. The van der Waals surface area contributed by atoms with E-state index >= 15 is 0 Å². The number of hydrogen-bond donors (Lipinski definition) is 1. The molecule has 4 nitrogen and oxygen atoms in total. The number of hydrogen-bond acceptors (Lipinski definition) is 4. The van der Waals surface area contributed by atoms with E-state index in [0.717, 1.165) is 6.54 Å². The number of benzene rings is 1. The predicted octanol–water partition coefficient (Wildman–Crippen LogP) is 2.84. The van der Waals surface area contributed by atoms with E-state index in [1.165, 1.54) is 0 Å². The van der Waals surface area contributed by atoms with Crippen LogP contribution in [-0.4, -0.2) is 54.6 Å². The highest BCUT2D eigenvalue weighted by Gasteiger charge is 2.31. The van der Waals surface area contributed by atoms with Gasteiger partial charge in [0.2, 0.25) is 0 Å². The Kier molecular flexibility index (Phi) is 5.74. The van der Waals surface area contributed by atoms with Crippen LogP contribution in [0.3, 0.4) is 0 Å². The van der Waals surface area contributed by atoms with Crippen molar-refractivity contribution >= 4 is 23.2 Å². The van der Waals surface area contributed by atoms with Crippen LogP contribution in [0.2, 0.25) is 10.0 Å². The number of morpholine rings is 1. The molecule has 1 fully saturated rings. The van der Waals surface area contributed by atoms with Crippen LogP contribution >= 0.6 is 23.2 Å². The first-order valence-corrected chi connectivity index (χ1v) is 7.73. The molecule has 2 rings (SSSR count). The molecular formula is C15H21Cl2NO3. The third kappa shape index (κ3) is 4.73. The summed E-state index contributed by atoms with van der Waals surface area (Å²) in [5.74, 6) is 0.529. The molecule has 0 bridgehead atoms. The van der Waals surface area contributed by atoms with Crippen molar-refractivity contribution < 1.29 is 14.6 Å². The Bertz CT molecular complexity index is 482. The van der Waals surface area contributed by atoms with Crippen molar-refractivity contribution in [3.05, 3.63) is 28.2 Å². The van der Waals surface area contributed by atoms with Crippen LogP contribution in [0.25, 0.3) is 0 Å². The van der Waals surface area contributed by atoms with Crippen LogP contribution in [0, 0.1) is 0 Å². The third-order valence-corrected chi connectivity index (χ3v) is 4.10. The van der Waals surface area contributed by atoms with E-state index in [9.17, 15) is 5.11 Å². The Morgan fingerprint density at radius 1 is 1.43 bits per heavy atom. The Labute approximate surface area is 135 Å². The molecule has 1 heterocycles. The Morgan fingerprint density at radius 3 is 2.86 bits per heavy atom. The number of rotatable bonds is 5. The van der Waals surface area contributed by atoms with Gasteiger partial charge in [-0.3, -0.25) is 4.90 Å². The molecule has 0 aromatic heterocycles. The fourth-order valence-corrected chi connectivity index (χ4v) is 2.78. The molecule has 1 atom stereocenters. The number of aliphatic hydroxyl groups excluding tert-OH is 1. The zero-order valence-electron chi connectivity index (χ0n) is 12.3. The number of nitrogens with zero attached hydrogens (tertiary/aromatic N) is 1. The second-order valence-corrected chi connectivity index (χ2v) is 6.69. The van der Waals surface area contributed by atoms with Gasteiger partial charge in [-0.15, -0.1) is 0 Å². The van der Waals surface area contributed by atoms with Crippen molar-refractivity contribution in [2.24, 2.45) is 0 Å². The quantitative estimate of drug-likeness (QED) is 0.899. The van der Waals surface area contributed by atoms with E-state index in [4.69, 9.17) is 32.7 Å². The first-order valence-electron chi connectivity index (χ1n) is 6.97. The summed E-state index contributed by atoms with van der Waals surface area (Å²) in [6.45, 7) is 7.12. The van der Waals surface area contributed by atoms with Gasteiger partial charge in [-0.2, -0.15) is 0 Å². The van der Waals surface area contributed by atoms with E-state index in [0.29, 0.717) is 35.6 Å². The van der Waals surface area contributed by atoms with Crippen LogP contribution in [0.1, 0.15) is 13.8 Å². The molecule has 1 aromatic rings. The molecule has 1 aromatic carbocycles. The van der Waals surface area contributed by atoms with Crippen molar-refractivity contribution in [1.29, 1.82) is 0 Å². The Morgan fingerprint density at radius 2 is 2.19 bits per heavy atom. The maximum absolute atomic E-state index is 10.2. The van der Waals surface area contributed by atoms with Crippen LogP contribution in [-0.2, 0) is 4.74 Å². The predicted molar refractivity (Wildman–Crippen MR) is 84.4 cm³/mol. The molecule has 118 valence electrons. The molecule has 0 spiro atoms. The molecular weight excluding hydrogens is 313 g/mol. The Hall–Kier alpha value is -0.520. The van der Waals surface area contributed by atoms with Crippen LogP contribution in [0.5, 0.6) is 5.75 Å². The second kappa shape index (κ2) is 7.16. The maximum Gasteiger partial charge on any atom is 0.138 e. The first-order chi connectivity index (χ1) is 9.88. The van der Waals surface area contributed by atoms with Gasteiger partial charge in [-0.05, 0) is 32.0 Å². The van der Waals surface area contributed by atoms with E-state index < -0.39 is 6.10 Å². The van der Waals surface area contributed by atoms with Gasteiger partial charge in [0.25, 0.3) is 0 Å². The first kappa shape index (κ1) is 16.8. The van der Waals surface area contributed by atoms with E-state index in [1.807, 2.05) is 0 Å². The van der Waals surface area contributed by atoms with Crippen molar-refractivity contribution in [1.82, 2.24) is 4.90 Å². The fourth-order valence-electron chi connectivity index (χ4n) is 2.31. The zero-order chi connectivity index (χ0) is 15.5. The molecule has 1 aliphatic heterocycles. The summed E-state index contributed by atoms with van der Waals surface area (Å²) in [5.41, 5.74) is -0.0723. The molecule has 0 saturated carbocycles. The summed E-state index contributed by atoms with van der Waals surface area (Å²) in [7, 11) is 0. The smallest absolute Gasteiger partial charge is 0.138 e. The molecule has 0 amide bonds. The topological polar surface area (TPSA) is 41.9 Å². The molecule has 1 N–H and O–H groups in total. The number of halogens is 2. The minimum Gasteiger partial charge on any atom is -0.489 e. The van der Waals surface area contributed by atoms with Gasteiger partial charge in [0.1, 0.15) is 18.5 Å². The second-order valence-electron chi connectivity index (χ2n) is 5.85. The summed E-state index contributed by atoms with van der Waals surface area (Å²) in [6, 6.07) is 5.03. The molecule has 21 heavy (non-hydrogen) atoms. The lowest BCUT2D eigenvalue weighted by Crippen LogP contribution is -2.55. The molecule has 1 saturated heterocycles. The van der Waals surface area contributed by atoms with Gasteiger partial charge < -0.3 is 14.6 Å². The summed E-state index contributed by atoms with van der Waals surface area (Å²) in [5, 5.41) is 11.2. The lowest BCUT2D eigenvalue weighted by molar-refractivity contribution is -0.0703. The van der Waals surface area contributed by atoms with E-state index in [-0.39, 0.29) is 12.1 Å². The number of aliphatic hydroxyl groups is 1. The van der Waals surface area contributed by atoms with Crippen molar-refractivity contribution in [2.45, 2.75) is 25.5 Å². The largest absolute Gasteiger partial charge is 0.489 e. The summed E-state index contributed by atoms with van der Waals surface area (Å²) >= 11 is 11.9. The average Bonchev–Trinajstić information content (AvgIpc) is 2.40. The van der Waals surface area contributed by atoms with Crippen LogP contribution in [0.15, 0.2) is 18.2 Å². The highest BCUT2D eigenvalue weighted by atomic mass is 35.5. The number of β-amino-alcohol motifs (C(OH)–C–C–N with tert-alkyl or cyclic N) is 1. The number of ether oxygens (including phenoxy) is 2. The van der Waals surface area contributed by atoms with Gasteiger partial charge in [0, 0.05) is 23.7 Å². The SMILES string of the molecule is CC1(C)COCCN1CC(O)COc1ccc(Cl)cc1Cl. The summed E-state index contributed by atoms with van der Waals surface area (Å²) in [4.78, 5) is 2.22. The summed E-state index contributed by atoms with van der Waals surface area (Å²) in [6.07, 6.45) is -0.589. The lowest BCUT2D eigenvalue weighted by Gasteiger charge is -2.42. The minimum absolute atomic E-state index is 0.0723. The lowest BCUT2D eigenvalue weighted by atomic mass is 10.0. The van der Waals surface area contributed by atoms with Crippen molar-refractivity contribution in [2.75, 3.05) is 32.9 Å². The molecule has 1 aliphatic rings. The highest BCUT2D eigenvalue weighted by molar-refractivity contribution is 6.35. The van der Waals surface area contributed by atoms with E-state index in [1.54, 1.807) is 18.2 Å².